The highest BCUT2D eigenvalue weighted by Gasteiger charge is 2.11. The molecule has 0 aliphatic heterocycles. The van der Waals surface area contributed by atoms with Crippen molar-refractivity contribution in [3.05, 3.63) is 59.9 Å². The lowest BCUT2D eigenvalue weighted by atomic mass is 10.0. The zero-order valence-corrected chi connectivity index (χ0v) is 10.3. The van der Waals surface area contributed by atoms with E-state index < -0.39 is 0 Å². The third kappa shape index (κ3) is 2.67. The van der Waals surface area contributed by atoms with Gasteiger partial charge in [0.15, 0.2) is 5.69 Å². The monoisotopic (exact) mass is 237 g/mol. The number of nitrogens with zero attached hydrogens (tertiary/aromatic N) is 2. The van der Waals surface area contributed by atoms with Crippen LogP contribution in [0.2, 0.25) is 0 Å². The van der Waals surface area contributed by atoms with Gasteiger partial charge in [0.1, 0.15) is 6.07 Å². The number of rotatable bonds is 4. The maximum atomic E-state index is 9.02. The zero-order chi connectivity index (χ0) is 12.8. The van der Waals surface area contributed by atoms with Crippen molar-refractivity contribution in [2.45, 2.75) is 19.4 Å². The van der Waals surface area contributed by atoms with Gasteiger partial charge in [-0.25, -0.2) is 4.98 Å². The predicted octanol–water partition coefficient (Wildman–Crippen LogP) is 3.52. The van der Waals surface area contributed by atoms with Gasteiger partial charge >= 0.3 is 0 Å². The normalized spacial score (nSPS) is 11.6. The average Bonchev–Trinajstić information content (AvgIpc) is 2.46. The van der Waals surface area contributed by atoms with Crippen molar-refractivity contribution in [1.29, 1.82) is 5.26 Å². The quantitative estimate of drug-likeness (QED) is 0.885. The van der Waals surface area contributed by atoms with E-state index in [0.29, 0.717) is 5.69 Å². The third-order valence-electron chi connectivity index (χ3n) is 2.85. The Kier molecular flexibility index (Phi) is 3.93. The summed E-state index contributed by atoms with van der Waals surface area (Å²) in [7, 11) is 0. The largest absolute Gasteiger partial charge is 0.376 e. The van der Waals surface area contributed by atoms with Crippen LogP contribution in [0.4, 0.5) is 5.69 Å². The number of nitriles is 1. The van der Waals surface area contributed by atoms with E-state index in [1.807, 2.05) is 30.3 Å². The molecule has 1 heterocycles. The maximum Gasteiger partial charge on any atom is 0.163 e. The molecule has 3 nitrogen and oxygen atoms in total. The van der Waals surface area contributed by atoms with Gasteiger partial charge in [-0.2, -0.15) is 5.26 Å². The fraction of sp³-hybridized carbons (Fsp3) is 0.200. The first-order valence-corrected chi connectivity index (χ1v) is 6.01. The summed E-state index contributed by atoms with van der Waals surface area (Å²) in [6.45, 7) is 2.12. The Labute approximate surface area is 107 Å². The van der Waals surface area contributed by atoms with Crippen molar-refractivity contribution in [1.82, 2.24) is 4.98 Å². The van der Waals surface area contributed by atoms with Crippen LogP contribution >= 0.6 is 0 Å². The van der Waals surface area contributed by atoms with Gasteiger partial charge in [0.2, 0.25) is 0 Å². The number of pyridine rings is 1. The smallest absolute Gasteiger partial charge is 0.163 e. The summed E-state index contributed by atoms with van der Waals surface area (Å²) in [5, 5.41) is 12.4. The van der Waals surface area contributed by atoms with Crippen molar-refractivity contribution in [2.75, 3.05) is 5.32 Å². The molecule has 18 heavy (non-hydrogen) atoms. The first-order chi connectivity index (χ1) is 8.85. The van der Waals surface area contributed by atoms with Crippen LogP contribution in [0.5, 0.6) is 0 Å². The molecular formula is C15H15N3. The van der Waals surface area contributed by atoms with Crippen LogP contribution in [0.15, 0.2) is 48.7 Å². The Balaban J connectivity index is 2.24. The van der Waals surface area contributed by atoms with Gasteiger partial charge in [0.25, 0.3) is 0 Å². The van der Waals surface area contributed by atoms with Crippen molar-refractivity contribution in [3.8, 4) is 6.07 Å². The summed E-state index contributed by atoms with van der Waals surface area (Å²) in [6.07, 6.45) is 2.58. The van der Waals surface area contributed by atoms with Crippen LogP contribution in [-0.4, -0.2) is 4.98 Å². The molecule has 1 aromatic carbocycles. The van der Waals surface area contributed by atoms with Crippen molar-refractivity contribution < 1.29 is 0 Å². The van der Waals surface area contributed by atoms with Gasteiger partial charge in [-0.3, -0.25) is 0 Å². The van der Waals surface area contributed by atoms with E-state index in [1.165, 1.54) is 5.56 Å². The van der Waals surface area contributed by atoms with E-state index in [1.54, 1.807) is 6.20 Å². The summed E-state index contributed by atoms with van der Waals surface area (Å²) in [5.41, 5.74) is 2.44. The van der Waals surface area contributed by atoms with Crippen LogP contribution in [0.25, 0.3) is 0 Å². The molecule has 0 aliphatic carbocycles. The second-order valence-electron chi connectivity index (χ2n) is 4.03. The zero-order valence-electron chi connectivity index (χ0n) is 10.3. The maximum absolute atomic E-state index is 9.02. The topological polar surface area (TPSA) is 48.7 Å². The van der Waals surface area contributed by atoms with Crippen LogP contribution in [0.1, 0.15) is 30.6 Å². The van der Waals surface area contributed by atoms with Crippen molar-refractivity contribution in [3.63, 3.8) is 0 Å². The Morgan fingerprint density at radius 3 is 2.67 bits per heavy atom. The minimum atomic E-state index is 0.197. The molecule has 2 aromatic rings. The fourth-order valence-electron chi connectivity index (χ4n) is 1.91. The van der Waals surface area contributed by atoms with Gasteiger partial charge in [-0.15, -0.1) is 0 Å². The van der Waals surface area contributed by atoms with E-state index in [4.69, 9.17) is 5.26 Å². The number of anilines is 1. The van der Waals surface area contributed by atoms with Crippen LogP contribution in [0.3, 0.4) is 0 Å². The minimum Gasteiger partial charge on any atom is -0.376 e. The number of hydrogen-bond acceptors (Lipinski definition) is 3. The third-order valence-corrected chi connectivity index (χ3v) is 2.85. The highest BCUT2D eigenvalue weighted by molar-refractivity contribution is 5.54. The Morgan fingerprint density at radius 1 is 1.22 bits per heavy atom. The van der Waals surface area contributed by atoms with Gasteiger partial charge in [0.05, 0.1) is 11.7 Å². The molecule has 0 saturated heterocycles. The van der Waals surface area contributed by atoms with E-state index >= 15 is 0 Å². The second-order valence-corrected chi connectivity index (χ2v) is 4.03. The van der Waals surface area contributed by atoms with E-state index in [0.717, 1.165) is 12.1 Å². The molecule has 2 rings (SSSR count). The summed E-state index contributed by atoms with van der Waals surface area (Å²) in [4.78, 5) is 4.05. The van der Waals surface area contributed by atoms with Crippen molar-refractivity contribution in [2.24, 2.45) is 0 Å². The highest BCUT2D eigenvalue weighted by atomic mass is 14.9. The molecular weight excluding hydrogens is 222 g/mol. The SMILES string of the molecule is CCC(Nc1cccnc1C#N)c1ccccc1. The van der Waals surface area contributed by atoms with Gasteiger partial charge in [0, 0.05) is 6.20 Å². The molecule has 0 radical (unpaired) electrons. The molecule has 0 saturated carbocycles. The van der Waals surface area contributed by atoms with Gasteiger partial charge < -0.3 is 5.32 Å². The molecule has 90 valence electrons. The molecule has 1 unspecified atom stereocenters. The van der Waals surface area contributed by atoms with E-state index in [9.17, 15) is 0 Å². The molecule has 1 N–H and O–H groups in total. The second kappa shape index (κ2) is 5.83. The molecule has 0 amide bonds. The Bertz CT molecular complexity index is 543. The van der Waals surface area contributed by atoms with Crippen LogP contribution in [0, 0.1) is 11.3 Å². The molecule has 0 spiro atoms. The first kappa shape index (κ1) is 12.1. The van der Waals surface area contributed by atoms with Gasteiger partial charge in [-0.05, 0) is 24.1 Å². The number of aromatic nitrogens is 1. The van der Waals surface area contributed by atoms with E-state index in [-0.39, 0.29) is 6.04 Å². The highest BCUT2D eigenvalue weighted by Crippen LogP contribution is 2.23. The van der Waals surface area contributed by atoms with Crippen LogP contribution < -0.4 is 5.32 Å². The lowest BCUT2D eigenvalue weighted by Gasteiger charge is -2.19. The average molecular weight is 237 g/mol. The molecule has 0 fully saturated rings. The molecule has 1 atom stereocenters. The van der Waals surface area contributed by atoms with Crippen LogP contribution in [-0.2, 0) is 0 Å². The van der Waals surface area contributed by atoms with Gasteiger partial charge in [-0.1, -0.05) is 37.3 Å². The molecule has 0 bridgehead atoms. The van der Waals surface area contributed by atoms with Crippen molar-refractivity contribution >= 4 is 5.69 Å². The minimum absolute atomic E-state index is 0.197. The lowest BCUT2D eigenvalue weighted by molar-refractivity contribution is 0.748. The summed E-state index contributed by atoms with van der Waals surface area (Å²) in [5.74, 6) is 0. The molecule has 3 heteroatoms. The summed E-state index contributed by atoms with van der Waals surface area (Å²) < 4.78 is 0. The fourth-order valence-corrected chi connectivity index (χ4v) is 1.91. The molecule has 0 aliphatic rings. The standard InChI is InChI=1S/C15H15N3/c1-2-13(12-7-4-3-5-8-12)18-14-9-6-10-17-15(14)11-16/h3-10,13,18H,2H2,1H3. The van der Waals surface area contributed by atoms with E-state index in [2.05, 4.69) is 35.4 Å². The number of nitrogens with one attached hydrogen (secondary N) is 1. The Hall–Kier alpha value is -2.34. The molecule has 1 aromatic heterocycles. The lowest BCUT2D eigenvalue weighted by Crippen LogP contribution is -2.11. The number of hydrogen-bond donors (Lipinski definition) is 1. The predicted molar refractivity (Wildman–Crippen MR) is 72.0 cm³/mol. The number of benzene rings is 1. The Morgan fingerprint density at radius 2 is 2.00 bits per heavy atom. The first-order valence-electron chi connectivity index (χ1n) is 6.01. The summed E-state index contributed by atoms with van der Waals surface area (Å²) in [6, 6.07) is 16.2. The summed E-state index contributed by atoms with van der Waals surface area (Å²) >= 11 is 0.